The molecule has 1 aromatic rings. The lowest BCUT2D eigenvalue weighted by Crippen LogP contribution is -2.49. The summed E-state index contributed by atoms with van der Waals surface area (Å²) in [7, 11) is 2.48. The first-order chi connectivity index (χ1) is 14.7. The Morgan fingerprint density at radius 2 is 2.00 bits per heavy atom. The Morgan fingerprint density at radius 3 is 2.77 bits per heavy atom. The fraction of sp³-hybridized carbons (Fsp3) is 0.429. The molecule has 2 unspecified atom stereocenters. The van der Waals surface area contributed by atoms with Crippen molar-refractivity contribution in [2.24, 2.45) is 0 Å². The van der Waals surface area contributed by atoms with Gasteiger partial charge in [-0.25, -0.2) is 0 Å². The van der Waals surface area contributed by atoms with E-state index in [1.165, 1.54) is 66.7 Å². The van der Waals surface area contributed by atoms with E-state index >= 15 is 0 Å². The van der Waals surface area contributed by atoms with Crippen molar-refractivity contribution in [1.82, 2.24) is 0 Å². The van der Waals surface area contributed by atoms with E-state index in [0.29, 0.717) is 12.0 Å². The van der Waals surface area contributed by atoms with E-state index in [1.54, 1.807) is 5.57 Å². The third-order valence-electron chi connectivity index (χ3n) is 7.29. The number of rotatable bonds is 6. The van der Waals surface area contributed by atoms with Crippen LogP contribution in [0.3, 0.4) is 0 Å². The third kappa shape index (κ3) is 4.11. The molecule has 4 rings (SSSR count). The summed E-state index contributed by atoms with van der Waals surface area (Å²) < 4.78 is 1.25. The van der Waals surface area contributed by atoms with Crippen molar-refractivity contribution in [1.29, 1.82) is 0 Å². The predicted molar refractivity (Wildman–Crippen MR) is 130 cm³/mol. The monoisotopic (exact) mass is 401 g/mol. The van der Waals surface area contributed by atoms with Crippen molar-refractivity contribution < 1.29 is 4.48 Å². The number of quaternary nitrogens is 1. The van der Waals surface area contributed by atoms with E-state index in [9.17, 15) is 0 Å². The zero-order valence-corrected chi connectivity index (χ0v) is 18.8. The van der Waals surface area contributed by atoms with Gasteiger partial charge < -0.3 is 9.38 Å². The number of hydrogen-bond donors (Lipinski definition) is 0. The van der Waals surface area contributed by atoms with Gasteiger partial charge in [0, 0.05) is 23.7 Å². The molecule has 2 heteroatoms. The van der Waals surface area contributed by atoms with Crippen molar-refractivity contribution in [3.63, 3.8) is 0 Å². The van der Waals surface area contributed by atoms with Crippen molar-refractivity contribution in [2.75, 3.05) is 31.6 Å². The summed E-state index contributed by atoms with van der Waals surface area (Å²) >= 11 is 0. The normalized spacial score (nSPS) is 25.6. The minimum Gasteiger partial charge on any atom is -0.334 e. The van der Waals surface area contributed by atoms with Crippen LogP contribution in [0.5, 0.6) is 0 Å². The molecule has 1 aromatic carbocycles. The fourth-order valence-electron chi connectivity index (χ4n) is 5.65. The Balaban J connectivity index is 1.71. The van der Waals surface area contributed by atoms with Gasteiger partial charge >= 0.3 is 0 Å². The van der Waals surface area contributed by atoms with Crippen molar-refractivity contribution in [2.45, 2.75) is 51.0 Å². The van der Waals surface area contributed by atoms with Crippen LogP contribution >= 0.6 is 0 Å². The van der Waals surface area contributed by atoms with Crippen LogP contribution in [-0.4, -0.2) is 37.2 Å². The van der Waals surface area contributed by atoms with Gasteiger partial charge in [-0.15, -0.1) is 0 Å². The minimum atomic E-state index is 0.405. The third-order valence-corrected chi connectivity index (χ3v) is 7.29. The molecule has 1 saturated heterocycles. The molecular formula is C28H37N2+. The molecule has 0 amide bonds. The number of fused-ring (bicyclic) bond motifs is 2. The largest absolute Gasteiger partial charge is 0.334 e. The number of anilines is 1. The van der Waals surface area contributed by atoms with Crippen LogP contribution in [-0.2, 0) is 0 Å². The minimum absolute atomic E-state index is 0.405. The second-order valence-corrected chi connectivity index (χ2v) is 9.28. The van der Waals surface area contributed by atoms with Crippen LogP contribution < -0.4 is 4.90 Å². The van der Waals surface area contributed by atoms with Gasteiger partial charge in [-0.1, -0.05) is 61.2 Å². The van der Waals surface area contributed by atoms with Gasteiger partial charge in [0.15, 0.2) is 0 Å². The van der Waals surface area contributed by atoms with E-state index in [4.69, 9.17) is 0 Å². The van der Waals surface area contributed by atoms with Crippen LogP contribution in [0.2, 0.25) is 0 Å². The van der Waals surface area contributed by atoms with E-state index < -0.39 is 0 Å². The first kappa shape index (κ1) is 20.9. The molecule has 0 aromatic heterocycles. The fourth-order valence-corrected chi connectivity index (χ4v) is 5.65. The van der Waals surface area contributed by atoms with Gasteiger partial charge in [0.1, 0.15) is 0 Å². The van der Waals surface area contributed by atoms with Crippen LogP contribution in [0.4, 0.5) is 5.69 Å². The number of piperidine rings is 1. The maximum Gasteiger partial charge on any atom is 0.0793 e. The highest BCUT2D eigenvalue weighted by molar-refractivity contribution is 5.69. The molecule has 0 N–H and O–H groups in total. The Morgan fingerprint density at radius 1 is 1.20 bits per heavy atom. The lowest BCUT2D eigenvalue weighted by Gasteiger charge is -2.46. The highest BCUT2D eigenvalue weighted by Gasteiger charge is 2.38. The molecule has 0 saturated carbocycles. The summed E-state index contributed by atoms with van der Waals surface area (Å²) in [6.07, 6.45) is 21.8. The average molecular weight is 402 g/mol. The molecule has 30 heavy (non-hydrogen) atoms. The maximum absolute atomic E-state index is 3.87. The van der Waals surface area contributed by atoms with Gasteiger partial charge in [0.2, 0.25) is 0 Å². The molecule has 2 heterocycles. The van der Waals surface area contributed by atoms with Crippen LogP contribution in [0.25, 0.3) is 0 Å². The van der Waals surface area contributed by atoms with Gasteiger partial charge in [-0.3, -0.25) is 0 Å². The highest BCUT2D eigenvalue weighted by Crippen LogP contribution is 2.47. The Bertz CT molecular complexity index is 880. The quantitative estimate of drug-likeness (QED) is 0.388. The number of likely N-dealkylation sites (tertiary alicyclic amines) is 1. The van der Waals surface area contributed by atoms with E-state index in [-0.39, 0.29) is 0 Å². The Hall–Kier alpha value is -2.32. The lowest BCUT2D eigenvalue weighted by molar-refractivity contribution is -0.914. The van der Waals surface area contributed by atoms with Crippen LogP contribution in [0.15, 0.2) is 84.6 Å². The maximum atomic E-state index is 3.87. The number of para-hydroxylation sites is 1. The Labute approximate surface area is 183 Å². The molecular weight excluding hydrogens is 364 g/mol. The van der Waals surface area contributed by atoms with Gasteiger partial charge in [-0.05, 0) is 55.9 Å². The van der Waals surface area contributed by atoms with Gasteiger partial charge in [0.25, 0.3) is 0 Å². The van der Waals surface area contributed by atoms with E-state index in [0.717, 1.165) is 6.42 Å². The highest BCUT2D eigenvalue weighted by atomic mass is 15.3. The summed E-state index contributed by atoms with van der Waals surface area (Å²) in [5.74, 6) is 0.519. The lowest BCUT2D eigenvalue weighted by atomic mass is 9.76. The molecule has 2 aliphatic heterocycles. The molecule has 0 radical (unpaired) electrons. The molecule has 1 fully saturated rings. The van der Waals surface area contributed by atoms with Gasteiger partial charge in [0.05, 0.1) is 32.7 Å². The summed E-state index contributed by atoms with van der Waals surface area (Å²) in [6, 6.07) is 9.50. The number of nitrogens with zero attached hydrogens (tertiary/aromatic N) is 2. The Kier molecular flexibility index (Phi) is 6.43. The zero-order valence-electron chi connectivity index (χ0n) is 18.8. The summed E-state index contributed by atoms with van der Waals surface area (Å²) in [6.45, 7) is 9.98. The molecule has 1 aliphatic carbocycles. The SMILES string of the molecule is C=C/C=C\C(=C/C)N1c2ccccc2C(CC[N+]2(C)CCCCC2)C2=CC=CCC21. The second kappa shape index (κ2) is 9.22. The predicted octanol–water partition coefficient (Wildman–Crippen LogP) is 6.51. The summed E-state index contributed by atoms with van der Waals surface area (Å²) in [5, 5.41) is 0. The molecule has 0 spiro atoms. The van der Waals surface area contributed by atoms with Crippen LogP contribution in [0, 0.1) is 0 Å². The molecule has 0 bridgehead atoms. The number of benzene rings is 1. The summed E-state index contributed by atoms with van der Waals surface area (Å²) in [5.41, 5.74) is 5.71. The molecule has 158 valence electrons. The van der Waals surface area contributed by atoms with Crippen molar-refractivity contribution in [3.8, 4) is 0 Å². The number of allylic oxidation sites excluding steroid dienone is 6. The second-order valence-electron chi connectivity index (χ2n) is 9.28. The molecule has 3 aliphatic rings. The zero-order chi connectivity index (χ0) is 21.0. The summed E-state index contributed by atoms with van der Waals surface area (Å²) in [4.78, 5) is 2.55. The average Bonchev–Trinajstić information content (AvgIpc) is 2.78. The standard InChI is InChI=1S/C28H37N2/c1-4-6-14-23(5-2)29-27-17-10-8-15-25(27)24(26-16-9-11-18-28(26)29)19-22-30(3)20-12-7-13-21-30/h4-6,8-11,14-17,24,28H,1,7,12-13,18-22H2,2-3H3/q+1/b14-6-,23-5+. The smallest absolute Gasteiger partial charge is 0.0793 e. The van der Waals surface area contributed by atoms with Crippen LogP contribution in [0.1, 0.15) is 50.5 Å². The topological polar surface area (TPSA) is 3.24 Å². The first-order valence-electron chi connectivity index (χ1n) is 11.7. The molecule has 2 nitrogen and oxygen atoms in total. The van der Waals surface area contributed by atoms with Gasteiger partial charge in [-0.2, -0.15) is 0 Å². The first-order valence-corrected chi connectivity index (χ1v) is 11.7. The van der Waals surface area contributed by atoms with Crippen molar-refractivity contribution in [3.05, 3.63) is 90.2 Å². The van der Waals surface area contributed by atoms with Crippen molar-refractivity contribution >= 4 is 5.69 Å². The number of hydrogen-bond acceptors (Lipinski definition) is 1. The molecule has 2 atom stereocenters. The van der Waals surface area contributed by atoms with E-state index in [1.807, 2.05) is 12.2 Å². The van der Waals surface area contributed by atoms with E-state index in [2.05, 4.69) is 80.1 Å².